The Kier molecular flexibility index (Phi) is 7.65. The molecule has 0 radical (unpaired) electrons. The summed E-state index contributed by atoms with van der Waals surface area (Å²) in [4.78, 5) is 20.8. The molecule has 2 aromatic rings. The monoisotopic (exact) mass is 556 g/mol. The second-order valence-corrected chi connectivity index (χ2v) is 14.1. The molecule has 1 amide bonds. The molecule has 1 aromatic carbocycles. The van der Waals surface area contributed by atoms with Crippen LogP contribution in [0.1, 0.15) is 74.2 Å². The second-order valence-electron chi connectivity index (χ2n) is 11.9. The van der Waals surface area contributed by atoms with Crippen LogP contribution in [0, 0.1) is 12.3 Å². The molecular formula is C29H40N4O5S. The highest BCUT2D eigenvalue weighted by Crippen LogP contribution is 2.54. The third-order valence-corrected chi connectivity index (χ3v) is 11.2. The topological polar surface area (TPSA) is 132 Å². The summed E-state index contributed by atoms with van der Waals surface area (Å²) in [6, 6.07) is 8.42. The Morgan fingerprint density at radius 2 is 1.74 bits per heavy atom. The Morgan fingerprint density at radius 1 is 1.08 bits per heavy atom. The third kappa shape index (κ3) is 5.78. The molecular weight excluding hydrogens is 516 g/mol. The molecule has 9 nitrogen and oxygen atoms in total. The average molecular weight is 557 g/mol. The summed E-state index contributed by atoms with van der Waals surface area (Å²) in [6.45, 7) is 4.51. The van der Waals surface area contributed by atoms with Gasteiger partial charge >= 0.3 is 0 Å². The fourth-order valence-corrected chi connectivity index (χ4v) is 7.93. The highest BCUT2D eigenvalue weighted by atomic mass is 32.2. The van der Waals surface area contributed by atoms with Gasteiger partial charge in [-0.25, -0.2) is 13.4 Å². The molecule has 1 saturated heterocycles. The molecule has 5 rings (SSSR count). The molecule has 212 valence electrons. The van der Waals surface area contributed by atoms with E-state index in [1.807, 2.05) is 0 Å². The number of rotatable bonds is 9. The van der Waals surface area contributed by atoms with Crippen LogP contribution in [0.3, 0.4) is 0 Å². The Morgan fingerprint density at radius 3 is 2.36 bits per heavy atom. The van der Waals surface area contributed by atoms with Gasteiger partial charge in [-0.2, -0.15) is 0 Å². The summed E-state index contributed by atoms with van der Waals surface area (Å²) in [5.41, 5.74) is 0.985. The summed E-state index contributed by atoms with van der Waals surface area (Å²) in [6.07, 6.45) is 7.83. The van der Waals surface area contributed by atoms with Gasteiger partial charge in [0, 0.05) is 18.8 Å². The lowest BCUT2D eigenvalue weighted by atomic mass is 9.93. The first kappa shape index (κ1) is 27.9. The quantitative estimate of drug-likeness (QED) is 0.366. The van der Waals surface area contributed by atoms with Crippen LogP contribution in [-0.2, 0) is 9.84 Å². The molecule has 1 aliphatic heterocycles. The van der Waals surface area contributed by atoms with Crippen LogP contribution in [0.4, 0.5) is 17.3 Å². The standard InChI is InChI=1S/C29H40N4O5S/c1-20-7-8-21(17-24(20)39(37,38)22-5-3-4-6-22)30-27(36)23-9-10-25(32-28(2,18-34)19-35)31-26(23)33-15-13-29(11-12-29)14-16-33/h7-10,17,22,34-35H,3-6,11-16,18-19H2,1-2H3,(H,30,36)(H,31,32). The number of amides is 1. The van der Waals surface area contributed by atoms with Gasteiger partial charge in [-0.15, -0.1) is 0 Å². The van der Waals surface area contributed by atoms with E-state index in [1.165, 1.54) is 12.8 Å². The van der Waals surface area contributed by atoms with Crippen molar-refractivity contribution < 1.29 is 23.4 Å². The first-order valence-electron chi connectivity index (χ1n) is 14.0. The molecule has 2 aliphatic carbocycles. The van der Waals surface area contributed by atoms with Crippen molar-refractivity contribution in [1.82, 2.24) is 4.98 Å². The van der Waals surface area contributed by atoms with Gasteiger partial charge in [0.05, 0.1) is 34.5 Å². The molecule has 3 aliphatic rings. The normalized spacial score (nSPS) is 19.3. The molecule has 0 unspecified atom stereocenters. The van der Waals surface area contributed by atoms with Gasteiger partial charge in [0.2, 0.25) is 0 Å². The van der Waals surface area contributed by atoms with E-state index >= 15 is 0 Å². The molecule has 1 spiro atoms. The summed E-state index contributed by atoms with van der Waals surface area (Å²) < 4.78 is 26.6. The average Bonchev–Trinajstić information content (AvgIpc) is 3.43. The van der Waals surface area contributed by atoms with Crippen LogP contribution in [0.2, 0.25) is 0 Å². The lowest BCUT2D eigenvalue weighted by molar-refractivity contribution is 0.102. The minimum atomic E-state index is -3.47. The summed E-state index contributed by atoms with van der Waals surface area (Å²) in [5.74, 6) is 0.632. The lowest BCUT2D eigenvalue weighted by Gasteiger charge is -2.34. The molecule has 39 heavy (non-hydrogen) atoms. The zero-order valence-corrected chi connectivity index (χ0v) is 23.7. The number of pyridine rings is 1. The number of sulfone groups is 1. The number of aromatic nitrogens is 1. The predicted octanol–water partition coefficient (Wildman–Crippen LogP) is 3.89. The van der Waals surface area contributed by atoms with Crippen molar-refractivity contribution in [3.8, 4) is 0 Å². The van der Waals surface area contributed by atoms with E-state index in [2.05, 4.69) is 15.5 Å². The number of aryl methyl sites for hydroxylation is 1. The molecule has 2 heterocycles. The van der Waals surface area contributed by atoms with Crippen molar-refractivity contribution in [1.29, 1.82) is 0 Å². The fourth-order valence-electron chi connectivity index (χ4n) is 5.81. The SMILES string of the molecule is Cc1ccc(NC(=O)c2ccc(NC(C)(CO)CO)nc2N2CCC3(CC2)CC3)cc1S(=O)(=O)C1CCCC1. The summed E-state index contributed by atoms with van der Waals surface area (Å²) in [5, 5.41) is 25.1. The summed E-state index contributed by atoms with van der Waals surface area (Å²) >= 11 is 0. The van der Waals surface area contributed by atoms with E-state index < -0.39 is 15.4 Å². The Labute approximate surface area is 230 Å². The van der Waals surface area contributed by atoms with Crippen LogP contribution in [-0.4, -0.2) is 66.6 Å². The van der Waals surface area contributed by atoms with Crippen molar-refractivity contribution in [3.63, 3.8) is 0 Å². The van der Waals surface area contributed by atoms with Gasteiger partial charge in [-0.1, -0.05) is 18.9 Å². The largest absolute Gasteiger partial charge is 0.394 e. The Balaban J connectivity index is 1.42. The molecule has 0 bridgehead atoms. The number of aliphatic hydroxyl groups excluding tert-OH is 2. The number of nitrogens with zero attached hydrogens (tertiary/aromatic N) is 2. The highest BCUT2D eigenvalue weighted by molar-refractivity contribution is 7.92. The van der Waals surface area contributed by atoms with E-state index in [-0.39, 0.29) is 29.3 Å². The first-order chi connectivity index (χ1) is 18.6. The number of piperidine rings is 1. The van der Waals surface area contributed by atoms with E-state index in [0.29, 0.717) is 46.7 Å². The Bertz CT molecular complexity index is 1320. The van der Waals surface area contributed by atoms with Crippen molar-refractivity contribution in [2.75, 3.05) is 41.8 Å². The number of carbonyl (C=O) groups excluding carboxylic acids is 1. The molecule has 3 fully saturated rings. The molecule has 2 saturated carbocycles. The molecule has 0 atom stereocenters. The van der Waals surface area contributed by atoms with Crippen molar-refractivity contribution in [3.05, 3.63) is 41.5 Å². The first-order valence-corrected chi connectivity index (χ1v) is 15.5. The number of carbonyl (C=O) groups is 1. The van der Waals surface area contributed by atoms with Crippen LogP contribution in [0.5, 0.6) is 0 Å². The molecule has 10 heteroatoms. The van der Waals surface area contributed by atoms with Gasteiger partial charge in [0.15, 0.2) is 9.84 Å². The minimum Gasteiger partial charge on any atom is -0.394 e. The summed E-state index contributed by atoms with van der Waals surface area (Å²) in [7, 11) is -3.47. The van der Waals surface area contributed by atoms with Crippen molar-refractivity contribution >= 4 is 33.1 Å². The number of nitrogens with one attached hydrogen (secondary N) is 2. The number of hydrogen-bond donors (Lipinski definition) is 4. The van der Waals surface area contributed by atoms with Gasteiger partial charge in [-0.3, -0.25) is 4.79 Å². The number of hydrogen-bond acceptors (Lipinski definition) is 8. The van der Waals surface area contributed by atoms with Crippen LogP contribution in [0.15, 0.2) is 35.2 Å². The highest BCUT2D eigenvalue weighted by Gasteiger charge is 2.45. The smallest absolute Gasteiger partial charge is 0.259 e. The van der Waals surface area contributed by atoms with Gasteiger partial charge in [-0.05, 0) is 87.6 Å². The van der Waals surface area contributed by atoms with Gasteiger partial charge < -0.3 is 25.7 Å². The van der Waals surface area contributed by atoms with Crippen LogP contribution < -0.4 is 15.5 Å². The van der Waals surface area contributed by atoms with Crippen molar-refractivity contribution in [2.24, 2.45) is 5.41 Å². The molecule has 1 aromatic heterocycles. The van der Waals surface area contributed by atoms with Gasteiger partial charge in [0.25, 0.3) is 5.91 Å². The van der Waals surface area contributed by atoms with Crippen LogP contribution in [0.25, 0.3) is 0 Å². The number of aliphatic hydroxyl groups is 2. The maximum Gasteiger partial charge on any atom is 0.259 e. The minimum absolute atomic E-state index is 0.281. The Hall–Kier alpha value is -2.69. The number of anilines is 3. The van der Waals surface area contributed by atoms with E-state index in [4.69, 9.17) is 4.98 Å². The zero-order valence-electron chi connectivity index (χ0n) is 22.9. The maximum atomic E-state index is 13.6. The second kappa shape index (κ2) is 10.7. The lowest BCUT2D eigenvalue weighted by Crippen LogP contribution is -2.43. The number of benzene rings is 1. The van der Waals surface area contributed by atoms with Gasteiger partial charge in [0.1, 0.15) is 11.6 Å². The molecule has 4 N–H and O–H groups in total. The van der Waals surface area contributed by atoms with E-state index in [0.717, 1.165) is 38.8 Å². The maximum absolute atomic E-state index is 13.6. The van der Waals surface area contributed by atoms with Crippen LogP contribution >= 0.6 is 0 Å². The van der Waals surface area contributed by atoms with Crippen molar-refractivity contribution in [2.45, 2.75) is 80.9 Å². The fraction of sp³-hybridized carbons (Fsp3) is 0.586. The third-order valence-electron chi connectivity index (χ3n) is 8.82. The van der Waals surface area contributed by atoms with E-state index in [9.17, 15) is 23.4 Å². The zero-order chi connectivity index (χ0) is 27.8. The van der Waals surface area contributed by atoms with E-state index in [1.54, 1.807) is 44.2 Å². The predicted molar refractivity (Wildman–Crippen MR) is 152 cm³/mol.